The average Bonchev–Trinajstić information content (AvgIpc) is 3.00. The Labute approximate surface area is 162 Å². The van der Waals surface area contributed by atoms with E-state index in [1.165, 1.54) is 11.8 Å². The number of nitrogens with one attached hydrogen (secondary N) is 1. The number of carbonyl (C=O) groups excluding carboxylic acids is 2. The Morgan fingerprint density at radius 2 is 2.00 bits per heavy atom. The molecule has 0 aliphatic carbocycles. The van der Waals surface area contributed by atoms with Crippen molar-refractivity contribution in [3.8, 4) is 5.75 Å². The second-order valence-corrected chi connectivity index (χ2v) is 8.93. The Morgan fingerprint density at radius 3 is 2.56 bits per heavy atom. The van der Waals surface area contributed by atoms with Crippen LogP contribution in [0.3, 0.4) is 0 Å². The molecule has 2 atom stereocenters. The van der Waals surface area contributed by atoms with Crippen LogP contribution in [0, 0.1) is 0 Å². The number of benzene rings is 1. The first kappa shape index (κ1) is 21.5. The quantitative estimate of drug-likeness (QED) is 0.673. The summed E-state index contributed by atoms with van der Waals surface area (Å²) in [5, 5.41) is 4.78. The van der Waals surface area contributed by atoms with Crippen LogP contribution in [0.25, 0.3) is 0 Å². The summed E-state index contributed by atoms with van der Waals surface area (Å²) >= 11 is 1.13. The van der Waals surface area contributed by atoms with Gasteiger partial charge < -0.3 is 14.4 Å². The van der Waals surface area contributed by atoms with Gasteiger partial charge in [-0.05, 0) is 24.1 Å². The van der Waals surface area contributed by atoms with Crippen LogP contribution in [0.2, 0.25) is 0 Å². The summed E-state index contributed by atoms with van der Waals surface area (Å²) in [7, 11) is -2.31. The van der Waals surface area contributed by atoms with Gasteiger partial charge in [0, 0.05) is 31.3 Å². The lowest BCUT2D eigenvalue weighted by Crippen LogP contribution is -2.44. The number of thioether (sulfide) groups is 1. The lowest BCUT2D eigenvalue weighted by Gasteiger charge is -2.23. The molecular weight excluding hydrogens is 394 g/mol. The molecule has 1 aromatic rings. The molecule has 0 spiro atoms. The van der Waals surface area contributed by atoms with Crippen LogP contribution < -0.4 is 14.6 Å². The summed E-state index contributed by atoms with van der Waals surface area (Å²) in [6, 6.07) is 6.65. The lowest BCUT2D eigenvalue weighted by molar-refractivity contribution is -0.109. The van der Waals surface area contributed by atoms with E-state index in [9.17, 15) is 18.0 Å². The second kappa shape index (κ2) is 9.40. The van der Waals surface area contributed by atoms with E-state index in [0.29, 0.717) is 18.7 Å². The molecule has 1 amide bonds. The number of hydrogen-bond donors (Lipinski definition) is 2. The SMILES string of the molecule is COc1ccc(COC(=O)N2C[C@@H](SC(C)=O)C[C@H]2CNS(N)(=O)=O)cc1. The van der Waals surface area contributed by atoms with Gasteiger partial charge in [0.05, 0.1) is 7.11 Å². The highest BCUT2D eigenvalue weighted by atomic mass is 32.2. The molecule has 1 saturated heterocycles. The molecule has 1 heterocycles. The van der Waals surface area contributed by atoms with Gasteiger partial charge in [0.15, 0.2) is 5.12 Å². The van der Waals surface area contributed by atoms with Crippen LogP contribution >= 0.6 is 11.8 Å². The molecule has 1 aliphatic heterocycles. The molecule has 1 aliphatic rings. The summed E-state index contributed by atoms with van der Waals surface area (Å²) in [6.07, 6.45) is -0.108. The minimum Gasteiger partial charge on any atom is -0.497 e. The van der Waals surface area contributed by atoms with Crippen molar-refractivity contribution >= 4 is 33.2 Å². The zero-order valence-corrected chi connectivity index (χ0v) is 16.7. The molecule has 2 rings (SSSR count). The molecule has 0 bridgehead atoms. The zero-order valence-electron chi connectivity index (χ0n) is 15.1. The standard InChI is InChI=1S/C16H23N3O6S2/c1-11(20)26-15-7-13(8-18-27(17,22)23)19(9-15)16(21)25-10-12-3-5-14(24-2)6-4-12/h3-6,13,15,18H,7-10H2,1-2H3,(H2,17,22,23)/t13-,15-/m0/s1. The summed E-state index contributed by atoms with van der Waals surface area (Å²) < 4.78 is 34.9. The molecule has 0 aromatic heterocycles. The largest absolute Gasteiger partial charge is 0.497 e. The fraction of sp³-hybridized carbons (Fsp3) is 0.500. The second-order valence-electron chi connectivity index (χ2n) is 6.07. The molecule has 1 fully saturated rings. The van der Waals surface area contributed by atoms with Crippen LogP contribution in [0.5, 0.6) is 5.75 Å². The zero-order chi connectivity index (χ0) is 20.0. The predicted octanol–water partition coefficient (Wildman–Crippen LogP) is 0.848. The monoisotopic (exact) mass is 417 g/mol. The van der Waals surface area contributed by atoms with Gasteiger partial charge in [-0.2, -0.15) is 8.42 Å². The minimum atomic E-state index is -3.88. The van der Waals surface area contributed by atoms with Crippen molar-refractivity contribution in [3.05, 3.63) is 29.8 Å². The number of likely N-dealkylation sites (tertiary alicyclic amines) is 1. The topological polar surface area (TPSA) is 128 Å². The Hall–Kier alpha value is -1.82. The van der Waals surface area contributed by atoms with E-state index < -0.39 is 22.3 Å². The van der Waals surface area contributed by atoms with Crippen molar-refractivity contribution in [1.82, 2.24) is 9.62 Å². The van der Waals surface area contributed by atoms with Crippen molar-refractivity contribution in [2.75, 3.05) is 20.2 Å². The van der Waals surface area contributed by atoms with Crippen LogP contribution in [0.4, 0.5) is 4.79 Å². The molecule has 150 valence electrons. The Balaban J connectivity index is 1.98. The third-order valence-corrected chi connectivity index (χ3v) is 5.56. The Bertz CT molecular complexity index is 769. The van der Waals surface area contributed by atoms with Crippen molar-refractivity contribution in [3.63, 3.8) is 0 Å². The molecule has 3 N–H and O–H groups in total. The maximum atomic E-state index is 12.5. The maximum Gasteiger partial charge on any atom is 0.410 e. The average molecular weight is 418 g/mol. The van der Waals surface area contributed by atoms with Crippen molar-refractivity contribution in [1.29, 1.82) is 0 Å². The van der Waals surface area contributed by atoms with Gasteiger partial charge in [-0.25, -0.2) is 14.7 Å². The third kappa shape index (κ3) is 7.01. The molecule has 11 heteroatoms. The number of amides is 1. The first-order valence-corrected chi connectivity index (χ1v) is 10.6. The van der Waals surface area contributed by atoms with Gasteiger partial charge in [0.1, 0.15) is 12.4 Å². The van der Waals surface area contributed by atoms with E-state index in [2.05, 4.69) is 4.72 Å². The summed E-state index contributed by atoms with van der Waals surface area (Å²) in [5.41, 5.74) is 0.789. The molecule has 0 unspecified atom stereocenters. The van der Waals surface area contributed by atoms with Crippen molar-refractivity contribution < 1.29 is 27.5 Å². The molecule has 9 nitrogen and oxygen atoms in total. The highest BCUT2D eigenvalue weighted by molar-refractivity contribution is 8.14. The first-order valence-electron chi connectivity index (χ1n) is 8.19. The minimum absolute atomic E-state index is 0.0363. The number of carbonyl (C=O) groups is 2. The highest BCUT2D eigenvalue weighted by Crippen LogP contribution is 2.28. The summed E-state index contributed by atoms with van der Waals surface area (Å²) in [5.74, 6) is 0.697. The summed E-state index contributed by atoms with van der Waals surface area (Å²) in [4.78, 5) is 25.3. The van der Waals surface area contributed by atoms with E-state index in [1.807, 2.05) is 0 Å². The molecular formula is C16H23N3O6S2. The van der Waals surface area contributed by atoms with Gasteiger partial charge >= 0.3 is 6.09 Å². The highest BCUT2D eigenvalue weighted by Gasteiger charge is 2.37. The number of methoxy groups -OCH3 is 1. The fourth-order valence-corrected chi connectivity index (χ4v) is 4.22. The van der Waals surface area contributed by atoms with Crippen LogP contribution in [-0.2, 0) is 26.3 Å². The molecule has 0 radical (unpaired) electrons. The molecule has 0 saturated carbocycles. The van der Waals surface area contributed by atoms with Gasteiger partial charge in [-0.1, -0.05) is 23.9 Å². The van der Waals surface area contributed by atoms with E-state index in [1.54, 1.807) is 31.4 Å². The molecule has 1 aromatic carbocycles. The van der Waals surface area contributed by atoms with Gasteiger partial charge in [0.2, 0.25) is 0 Å². The van der Waals surface area contributed by atoms with Crippen molar-refractivity contribution in [2.24, 2.45) is 5.14 Å². The smallest absolute Gasteiger partial charge is 0.410 e. The fourth-order valence-electron chi connectivity index (χ4n) is 2.77. The van der Waals surface area contributed by atoms with Crippen LogP contribution in [0.15, 0.2) is 24.3 Å². The predicted molar refractivity (Wildman–Crippen MR) is 101 cm³/mol. The van der Waals surface area contributed by atoms with Gasteiger partial charge in [-0.15, -0.1) is 0 Å². The lowest BCUT2D eigenvalue weighted by atomic mass is 10.2. The number of nitrogens with two attached hydrogens (primary N) is 1. The van der Waals surface area contributed by atoms with Crippen molar-refractivity contribution in [2.45, 2.75) is 31.2 Å². The molecule has 27 heavy (non-hydrogen) atoms. The normalized spacial score (nSPS) is 19.7. The van der Waals surface area contributed by atoms with Crippen LogP contribution in [0.1, 0.15) is 18.9 Å². The Morgan fingerprint density at radius 1 is 1.33 bits per heavy atom. The third-order valence-electron chi connectivity index (χ3n) is 3.98. The van der Waals surface area contributed by atoms with E-state index in [0.717, 1.165) is 17.3 Å². The number of nitrogens with zero attached hydrogens (tertiary/aromatic N) is 1. The van der Waals surface area contributed by atoms with Gasteiger partial charge in [-0.3, -0.25) is 4.79 Å². The number of ether oxygens (including phenoxy) is 2. The summed E-state index contributed by atoms with van der Waals surface area (Å²) in [6.45, 7) is 1.78. The maximum absolute atomic E-state index is 12.5. The van der Waals surface area contributed by atoms with E-state index in [4.69, 9.17) is 14.6 Å². The number of rotatable bonds is 7. The van der Waals surface area contributed by atoms with E-state index >= 15 is 0 Å². The van der Waals surface area contributed by atoms with Gasteiger partial charge in [0.25, 0.3) is 10.2 Å². The van der Waals surface area contributed by atoms with Crippen LogP contribution in [-0.4, -0.2) is 56.0 Å². The van der Waals surface area contributed by atoms with E-state index in [-0.39, 0.29) is 23.5 Å². The number of hydrogen-bond acceptors (Lipinski definition) is 7. The Kier molecular flexibility index (Phi) is 7.48. The first-order chi connectivity index (χ1) is 12.7.